The summed E-state index contributed by atoms with van der Waals surface area (Å²) in [4.78, 5) is 26.3. The maximum Gasteiger partial charge on any atom is 0.315 e. The number of rotatable bonds is 8. The molecule has 0 radical (unpaired) electrons. The molecule has 2 aromatic rings. The minimum Gasteiger partial charge on any atom is -0.466 e. The van der Waals surface area contributed by atoms with Crippen molar-refractivity contribution in [1.29, 1.82) is 0 Å². The molecule has 0 spiro atoms. The van der Waals surface area contributed by atoms with Crippen molar-refractivity contribution in [2.24, 2.45) is 0 Å². The Balaban J connectivity index is 1.77. The average molecular weight is 401 g/mol. The molecule has 3 rings (SSSR count). The minimum absolute atomic E-state index is 0.237. The quantitative estimate of drug-likeness (QED) is 0.499. The van der Waals surface area contributed by atoms with Crippen LogP contribution in [-0.2, 0) is 30.3 Å². The number of benzene rings is 1. The zero-order valence-corrected chi connectivity index (χ0v) is 17.0. The second kappa shape index (κ2) is 9.19. The van der Waals surface area contributed by atoms with Crippen LogP contribution < -0.4 is 0 Å². The van der Waals surface area contributed by atoms with Gasteiger partial charge in [-0.1, -0.05) is 18.2 Å². The first kappa shape index (κ1) is 21.0. The van der Waals surface area contributed by atoms with Crippen LogP contribution in [0.25, 0.3) is 5.69 Å². The van der Waals surface area contributed by atoms with Crippen molar-refractivity contribution < 1.29 is 23.8 Å². The van der Waals surface area contributed by atoms with Gasteiger partial charge in [-0.3, -0.25) is 9.59 Å². The molecule has 0 saturated carbocycles. The van der Waals surface area contributed by atoms with Gasteiger partial charge in [0.15, 0.2) is 5.79 Å². The molecule has 8 heteroatoms. The molecule has 1 atom stereocenters. The van der Waals surface area contributed by atoms with Gasteiger partial charge >= 0.3 is 5.97 Å². The van der Waals surface area contributed by atoms with E-state index in [1.807, 2.05) is 50.2 Å². The van der Waals surface area contributed by atoms with E-state index in [0.717, 1.165) is 11.4 Å². The van der Waals surface area contributed by atoms with Gasteiger partial charge in [0, 0.05) is 12.7 Å². The molecule has 8 nitrogen and oxygen atoms in total. The van der Waals surface area contributed by atoms with E-state index < -0.39 is 11.8 Å². The van der Waals surface area contributed by atoms with E-state index in [2.05, 4.69) is 5.10 Å². The molecular weight excluding hydrogens is 374 g/mol. The van der Waals surface area contributed by atoms with Crippen molar-refractivity contribution in [1.82, 2.24) is 14.7 Å². The third kappa shape index (κ3) is 5.65. The minimum atomic E-state index is -0.688. The Kier molecular flexibility index (Phi) is 6.66. The van der Waals surface area contributed by atoms with Crippen LogP contribution in [0.15, 0.2) is 42.6 Å². The molecule has 0 N–H and O–H groups in total. The molecule has 1 aliphatic heterocycles. The van der Waals surface area contributed by atoms with Gasteiger partial charge in [0.2, 0.25) is 5.91 Å². The third-order valence-corrected chi connectivity index (χ3v) is 4.52. The fourth-order valence-corrected chi connectivity index (χ4v) is 3.25. The number of nitrogens with zero attached hydrogens (tertiary/aromatic N) is 3. The molecule has 1 aliphatic rings. The van der Waals surface area contributed by atoms with E-state index in [0.29, 0.717) is 13.2 Å². The Hall–Kier alpha value is -2.71. The highest BCUT2D eigenvalue weighted by atomic mass is 16.7. The monoisotopic (exact) mass is 401 g/mol. The van der Waals surface area contributed by atoms with Crippen LogP contribution in [0, 0.1) is 0 Å². The van der Waals surface area contributed by atoms with Gasteiger partial charge in [0.05, 0.1) is 31.1 Å². The lowest BCUT2D eigenvalue weighted by atomic mass is 10.2. The van der Waals surface area contributed by atoms with Crippen LogP contribution in [0.4, 0.5) is 0 Å². The van der Waals surface area contributed by atoms with E-state index >= 15 is 0 Å². The number of esters is 1. The van der Waals surface area contributed by atoms with Crippen LogP contribution in [0.5, 0.6) is 0 Å². The smallest absolute Gasteiger partial charge is 0.315 e. The van der Waals surface area contributed by atoms with Crippen LogP contribution in [0.3, 0.4) is 0 Å². The average Bonchev–Trinajstić information content (AvgIpc) is 3.28. The van der Waals surface area contributed by atoms with Crippen LogP contribution in [0.1, 0.15) is 32.9 Å². The summed E-state index contributed by atoms with van der Waals surface area (Å²) in [6.07, 6.45) is 1.10. The van der Waals surface area contributed by atoms with Gasteiger partial charge in [0.1, 0.15) is 12.5 Å². The number of aromatic nitrogens is 2. The van der Waals surface area contributed by atoms with Gasteiger partial charge < -0.3 is 19.1 Å². The van der Waals surface area contributed by atoms with Crippen molar-refractivity contribution in [3.05, 3.63) is 48.3 Å². The number of para-hydroxylation sites is 1. The predicted molar refractivity (Wildman–Crippen MR) is 105 cm³/mol. The largest absolute Gasteiger partial charge is 0.466 e. The first-order valence-corrected chi connectivity index (χ1v) is 9.71. The predicted octanol–water partition coefficient (Wildman–Crippen LogP) is 2.31. The Morgan fingerprint density at radius 2 is 2.03 bits per heavy atom. The summed E-state index contributed by atoms with van der Waals surface area (Å²) in [6.45, 7) is 6.60. The Morgan fingerprint density at radius 3 is 2.69 bits per heavy atom. The fraction of sp³-hybridized carbons (Fsp3) is 0.476. The standard InChI is InChI=1S/C21H27N3O5/c1-4-27-20(26)12-19(25)23(14-18-15-28-21(2,3)29-18)13-17-10-11-22-24(17)16-8-6-5-7-9-16/h5-11,18H,4,12-15H2,1-3H3/t18-/m1/s1. The van der Waals surface area contributed by atoms with E-state index in [1.165, 1.54) is 0 Å². The number of ether oxygens (including phenoxy) is 3. The van der Waals surface area contributed by atoms with Crippen molar-refractivity contribution >= 4 is 11.9 Å². The van der Waals surface area contributed by atoms with Gasteiger partial charge in [-0.15, -0.1) is 0 Å². The second-order valence-electron chi connectivity index (χ2n) is 7.28. The van der Waals surface area contributed by atoms with Crippen molar-refractivity contribution in [3.8, 4) is 5.69 Å². The van der Waals surface area contributed by atoms with E-state index in [-0.39, 0.29) is 31.6 Å². The van der Waals surface area contributed by atoms with E-state index in [4.69, 9.17) is 14.2 Å². The Bertz CT molecular complexity index is 834. The molecule has 0 bridgehead atoms. The van der Waals surface area contributed by atoms with Gasteiger partial charge in [-0.2, -0.15) is 5.10 Å². The highest BCUT2D eigenvalue weighted by molar-refractivity contribution is 5.94. The van der Waals surface area contributed by atoms with E-state index in [1.54, 1.807) is 22.7 Å². The fourth-order valence-electron chi connectivity index (χ4n) is 3.25. The summed E-state index contributed by atoms with van der Waals surface area (Å²) in [6, 6.07) is 11.5. The van der Waals surface area contributed by atoms with Gasteiger partial charge in [-0.25, -0.2) is 4.68 Å². The summed E-state index contributed by atoms with van der Waals surface area (Å²) in [7, 11) is 0. The molecule has 0 aliphatic carbocycles. The van der Waals surface area contributed by atoms with Gasteiger partial charge in [0.25, 0.3) is 0 Å². The zero-order chi connectivity index (χ0) is 20.9. The van der Waals surface area contributed by atoms with Gasteiger partial charge in [-0.05, 0) is 39.0 Å². The molecule has 1 saturated heterocycles. The number of hydrogen-bond donors (Lipinski definition) is 0. The molecule has 1 amide bonds. The molecule has 156 valence electrons. The van der Waals surface area contributed by atoms with Crippen LogP contribution in [-0.4, -0.2) is 58.2 Å². The normalized spacial score (nSPS) is 17.8. The molecule has 1 aromatic heterocycles. The zero-order valence-electron chi connectivity index (χ0n) is 17.0. The molecule has 1 aromatic carbocycles. The number of carbonyl (C=O) groups excluding carboxylic acids is 2. The van der Waals surface area contributed by atoms with Crippen molar-refractivity contribution in [3.63, 3.8) is 0 Å². The molecule has 29 heavy (non-hydrogen) atoms. The highest BCUT2D eigenvalue weighted by Gasteiger charge is 2.35. The van der Waals surface area contributed by atoms with Crippen molar-refractivity contribution in [2.75, 3.05) is 19.8 Å². The third-order valence-electron chi connectivity index (χ3n) is 4.52. The lowest BCUT2D eigenvalue weighted by Crippen LogP contribution is -2.40. The highest BCUT2D eigenvalue weighted by Crippen LogP contribution is 2.24. The number of carbonyl (C=O) groups is 2. The number of hydrogen-bond acceptors (Lipinski definition) is 6. The van der Waals surface area contributed by atoms with E-state index in [9.17, 15) is 9.59 Å². The summed E-state index contributed by atoms with van der Waals surface area (Å²) >= 11 is 0. The SMILES string of the molecule is CCOC(=O)CC(=O)N(Cc1ccnn1-c1ccccc1)C[C@@H]1COC(C)(C)O1. The molecule has 2 heterocycles. The number of amides is 1. The Labute approximate surface area is 170 Å². The lowest BCUT2D eigenvalue weighted by Gasteiger charge is -2.26. The second-order valence-corrected chi connectivity index (χ2v) is 7.28. The first-order chi connectivity index (χ1) is 13.9. The maximum absolute atomic E-state index is 12.9. The molecule has 0 unspecified atom stereocenters. The summed E-state index contributed by atoms with van der Waals surface area (Å²) < 4.78 is 18.2. The molecule has 1 fully saturated rings. The summed E-state index contributed by atoms with van der Waals surface area (Å²) in [5, 5.41) is 4.38. The van der Waals surface area contributed by atoms with Crippen LogP contribution >= 0.6 is 0 Å². The van der Waals surface area contributed by atoms with Crippen molar-refractivity contribution in [2.45, 2.75) is 45.6 Å². The van der Waals surface area contributed by atoms with Crippen LogP contribution in [0.2, 0.25) is 0 Å². The maximum atomic E-state index is 12.9. The Morgan fingerprint density at radius 1 is 1.28 bits per heavy atom. The summed E-state index contributed by atoms with van der Waals surface area (Å²) in [5.74, 6) is -1.55. The first-order valence-electron chi connectivity index (χ1n) is 9.71. The summed E-state index contributed by atoms with van der Waals surface area (Å²) in [5.41, 5.74) is 1.72. The topological polar surface area (TPSA) is 82.9 Å². The lowest BCUT2D eigenvalue weighted by molar-refractivity contribution is -0.153. The molecular formula is C21H27N3O5.